The summed E-state index contributed by atoms with van der Waals surface area (Å²) in [5, 5.41) is 2.90. The van der Waals surface area contributed by atoms with E-state index in [2.05, 4.69) is 16.5 Å². The van der Waals surface area contributed by atoms with Crippen molar-refractivity contribution in [2.45, 2.75) is 0 Å². The third kappa shape index (κ3) is 1.41. The molecule has 1 aliphatic rings. The Balaban J connectivity index is 1.99. The predicted molar refractivity (Wildman–Crippen MR) is 62.4 cm³/mol. The van der Waals surface area contributed by atoms with E-state index in [9.17, 15) is 0 Å². The molecule has 0 unspecified atom stereocenters. The highest BCUT2D eigenvalue weighted by Crippen LogP contribution is 2.28. The molecule has 3 rings (SSSR count). The lowest BCUT2D eigenvalue weighted by molar-refractivity contribution is 0.794. The summed E-state index contributed by atoms with van der Waals surface area (Å²) < 4.78 is 1.19. The van der Waals surface area contributed by atoms with E-state index < -0.39 is 0 Å². The first-order chi connectivity index (χ1) is 7.33. The number of hydrogen-bond donors (Lipinski definition) is 2. The number of nitrogens with one attached hydrogen (secondary N) is 1. The minimum Gasteiger partial charge on any atom is -0.384 e. The third-order valence-electron chi connectivity index (χ3n) is 2.27. The molecule has 76 valence electrons. The summed E-state index contributed by atoms with van der Waals surface area (Å²) in [4.78, 5) is 4.52. The molecule has 0 bridgehead atoms. The molecule has 0 atom stereocenters. The molecule has 0 radical (unpaired) electrons. The van der Waals surface area contributed by atoms with Gasteiger partial charge in [0.1, 0.15) is 5.82 Å². The van der Waals surface area contributed by atoms with Crippen molar-refractivity contribution in [1.82, 2.24) is 10.4 Å². The quantitative estimate of drug-likeness (QED) is 0.760. The summed E-state index contributed by atoms with van der Waals surface area (Å²) >= 11 is 1.66. The van der Waals surface area contributed by atoms with Crippen LogP contribution in [0.25, 0.3) is 10.2 Å². The fourth-order valence-electron chi connectivity index (χ4n) is 1.54. The van der Waals surface area contributed by atoms with Crippen molar-refractivity contribution in [1.29, 1.82) is 0 Å². The molecule has 2 aromatic rings. The Morgan fingerprint density at radius 3 is 3.00 bits per heavy atom. The largest absolute Gasteiger partial charge is 0.384 e. The number of hydrazine groups is 1. The van der Waals surface area contributed by atoms with Crippen molar-refractivity contribution < 1.29 is 0 Å². The van der Waals surface area contributed by atoms with Crippen LogP contribution in [0.5, 0.6) is 0 Å². The zero-order valence-electron chi connectivity index (χ0n) is 7.97. The second kappa shape index (κ2) is 3.13. The lowest BCUT2D eigenvalue weighted by atomic mass is 10.3. The zero-order chi connectivity index (χ0) is 10.3. The molecule has 1 aliphatic heterocycles. The molecule has 2 heterocycles. The van der Waals surface area contributed by atoms with Gasteiger partial charge in [-0.15, -0.1) is 0 Å². The van der Waals surface area contributed by atoms with Crippen LogP contribution in [0.1, 0.15) is 0 Å². The van der Waals surface area contributed by atoms with Crippen molar-refractivity contribution in [2.24, 2.45) is 5.73 Å². The molecular weight excluding hydrogens is 208 g/mol. The molecule has 5 heteroatoms. The smallest absolute Gasteiger partial charge is 0.205 e. The molecule has 1 aromatic carbocycles. The fraction of sp³-hybridized carbons (Fsp3) is 0.100. The Labute approximate surface area is 91.0 Å². The van der Waals surface area contributed by atoms with Gasteiger partial charge in [-0.2, -0.15) is 0 Å². The Hall–Kier alpha value is -1.75. The van der Waals surface area contributed by atoms with Gasteiger partial charge in [-0.1, -0.05) is 23.5 Å². The maximum atomic E-state index is 5.64. The van der Waals surface area contributed by atoms with E-state index in [0.29, 0.717) is 5.82 Å². The standard InChI is InChI=1S/C10H10N4S/c11-9-5-6-14(13-9)10-12-7-3-1-2-4-8(7)15-10/h1-5,13H,6,11H2. The lowest BCUT2D eigenvalue weighted by Crippen LogP contribution is -2.33. The third-order valence-corrected chi connectivity index (χ3v) is 3.33. The summed E-state index contributed by atoms with van der Waals surface area (Å²) in [5.74, 6) is 0.689. The molecule has 0 saturated carbocycles. The van der Waals surface area contributed by atoms with Gasteiger partial charge in [0.25, 0.3) is 0 Å². The van der Waals surface area contributed by atoms with Gasteiger partial charge >= 0.3 is 0 Å². The maximum Gasteiger partial charge on any atom is 0.205 e. The highest BCUT2D eigenvalue weighted by Gasteiger charge is 2.15. The second-order valence-electron chi connectivity index (χ2n) is 3.35. The number of thiazole rings is 1. The Kier molecular flexibility index (Phi) is 1.78. The predicted octanol–water partition coefficient (Wildman–Crippen LogP) is 1.42. The van der Waals surface area contributed by atoms with Gasteiger partial charge in [0, 0.05) is 0 Å². The molecule has 0 fully saturated rings. The number of fused-ring (bicyclic) bond motifs is 1. The number of rotatable bonds is 1. The van der Waals surface area contributed by atoms with Crippen molar-refractivity contribution in [3.05, 3.63) is 36.2 Å². The monoisotopic (exact) mass is 218 g/mol. The maximum absolute atomic E-state index is 5.64. The topological polar surface area (TPSA) is 54.2 Å². The van der Waals surface area contributed by atoms with Crippen LogP contribution in [0.4, 0.5) is 5.13 Å². The van der Waals surface area contributed by atoms with E-state index in [1.54, 1.807) is 11.3 Å². The average Bonchev–Trinajstić information content (AvgIpc) is 2.82. The molecule has 15 heavy (non-hydrogen) atoms. The molecule has 0 aliphatic carbocycles. The molecule has 0 saturated heterocycles. The van der Waals surface area contributed by atoms with Crippen molar-refractivity contribution in [3.8, 4) is 0 Å². The van der Waals surface area contributed by atoms with Gasteiger partial charge in [0.2, 0.25) is 5.13 Å². The number of benzene rings is 1. The minimum atomic E-state index is 0.689. The van der Waals surface area contributed by atoms with Gasteiger partial charge in [0.15, 0.2) is 0 Å². The number of para-hydroxylation sites is 1. The first kappa shape index (κ1) is 8.55. The number of aromatic nitrogens is 1. The van der Waals surface area contributed by atoms with Gasteiger partial charge in [0.05, 0.1) is 16.8 Å². The van der Waals surface area contributed by atoms with Crippen LogP contribution in [-0.2, 0) is 0 Å². The van der Waals surface area contributed by atoms with Gasteiger partial charge < -0.3 is 5.73 Å². The SMILES string of the molecule is NC1=CCN(c2nc3ccccc3s2)N1. The molecule has 0 spiro atoms. The van der Waals surface area contributed by atoms with Gasteiger partial charge in [-0.05, 0) is 18.2 Å². The van der Waals surface area contributed by atoms with Crippen LogP contribution in [0, 0.1) is 0 Å². The van der Waals surface area contributed by atoms with Crippen molar-refractivity contribution in [2.75, 3.05) is 11.6 Å². The van der Waals surface area contributed by atoms with Gasteiger partial charge in [-0.25, -0.2) is 4.98 Å². The molecule has 1 aromatic heterocycles. The van der Waals surface area contributed by atoms with Crippen LogP contribution in [0.15, 0.2) is 36.2 Å². The summed E-state index contributed by atoms with van der Waals surface area (Å²) in [7, 11) is 0. The summed E-state index contributed by atoms with van der Waals surface area (Å²) in [6.45, 7) is 0.769. The Morgan fingerprint density at radius 2 is 2.27 bits per heavy atom. The van der Waals surface area contributed by atoms with Crippen LogP contribution < -0.4 is 16.2 Å². The average molecular weight is 218 g/mol. The Morgan fingerprint density at radius 1 is 1.40 bits per heavy atom. The number of nitrogens with zero attached hydrogens (tertiary/aromatic N) is 2. The van der Waals surface area contributed by atoms with Crippen LogP contribution in [0.3, 0.4) is 0 Å². The highest BCUT2D eigenvalue weighted by atomic mass is 32.1. The van der Waals surface area contributed by atoms with Crippen LogP contribution in [-0.4, -0.2) is 11.5 Å². The van der Waals surface area contributed by atoms with E-state index >= 15 is 0 Å². The van der Waals surface area contributed by atoms with Gasteiger partial charge in [-0.3, -0.25) is 10.4 Å². The lowest BCUT2D eigenvalue weighted by Gasteiger charge is -2.14. The number of hydrogen-bond acceptors (Lipinski definition) is 5. The second-order valence-corrected chi connectivity index (χ2v) is 4.36. The minimum absolute atomic E-state index is 0.689. The number of anilines is 1. The number of nitrogens with two attached hydrogens (primary N) is 1. The summed E-state index contributed by atoms with van der Waals surface area (Å²) in [6.07, 6.45) is 1.94. The fourth-order valence-corrected chi connectivity index (χ4v) is 2.47. The van der Waals surface area contributed by atoms with Crippen molar-refractivity contribution in [3.63, 3.8) is 0 Å². The van der Waals surface area contributed by atoms with E-state index in [1.165, 1.54) is 4.70 Å². The van der Waals surface area contributed by atoms with Crippen LogP contribution >= 0.6 is 11.3 Å². The highest BCUT2D eigenvalue weighted by molar-refractivity contribution is 7.22. The zero-order valence-corrected chi connectivity index (χ0v) is 8.79. The van der Waals surface area contributed by atoms with E-state index in [0.717, 1.165) is 17.2 Å². The van der Waals surface area contributed by atoms with Crippen LogP contribution in [0.2, 0.25) is 0 Å². The Bertz CT molecular complexity index is 498. The normalized spacial score (nSPS) is 15.5. The molecule has 0 amide bonds. The summed E-state index contributed by atoms with van der Waals surface area (Å²) in [6, 6.07) is 8.11. The first-order valence-electron chi connectivity index (χ1n) is 4.68. The summed E-state index contributed by atoms with van der Waals surface area (Å²) in [5.41, 5.74) is 9.73. The van der Waals surface area contributed by atoms with E-state index in [4.69, 9.17) is 5.73 Å². The van der Waals surface area contributed by atoms with E-state index in [-0.39, 0.29) is 0 Å². The first-order valence-corrected chi connectivity index (χ1v) is 5.50. The van der Waals surface area contributed by atoms with Crippen molar-refractivity contribution >= 4 is 26.7 Å². The molecule has 3 N–H and O–H groups in total. The molecular formula is C10H10N4S. The van der Waals surface area contributed by atoms with E-state index in [1.807, 2.05) is 29.3 Å². The molecule has 4 nitrogen and oxygen atoms in total.